The summed E-state index contributed by atoms with van der Waals surface area (Å²) in [7, 11) is 0. The minimum atomic E-state index is -5.44. The molecule has 40 heavy (non-hydrogen) atoms. The number of hydrogen-bond acceptors (Lipinski definition) is 4. The van der Waals surface area contributed by atoms with Crippen molar-refractivity contribution in [2.75, 3.05) is 13.1 Å². The van der Waals surface area contributed by atoms with E-state index in [1.54, 1.807) is 0 Å². The molecule has 2 N–H and O–H groups in total. The molecule has 2 aromatic rings. The Kier molecular flexibility index (Phi) is 8.40. The molecule has 1 aliphatic rings. The van der Waals surface area contributed by atoms with Crippen molar-refractivity contribution in [3.8, 4) is 0 Å². The van der Waals surface area contributed by atoms with E-state index in [2.05, 4.69) is 15.3 Å². The topological polar surface area (TPSA) is 79.8 Å². The highest BCUT2D eigenvalue weighted by Crippen LogP contribution is 2.51. The smallest absolute Gasteiger partial charge is 0.374 e. The molecule has 3 rings (SSSR count). The Hall–Kier alpha value is -3.49. The van der Waals surface area contributed by atoms with Crippen LogP contribution in [-0.2, 0) is 21.4 Å². The van der Waals surface area contributed by atoms with Crippen molar-refractivity contribution in [1.29, 1.82) is 0 Å². The number of carbonyl (C=O) groups excluding carboxylic acids is 2. The fourth-order valence-corrected chi connectivity index (χ4v) is 4.01. The van der Waals surface area contributed by atoms with Gasteiger partial charge in [0.05, 0.1) is 30.8 Å². The van der Waals surface area contributed by atoms with Crippen molar-refractivity contribution in [2.24, 2.45) is 5.16 Å². The Morgan fingerprint density at radius 2 is 1.70 bits per heavy atom. The van der Waals surface area contributed by atoms with Crippen molar-refractivity contribution in [1.82, 2.24) is 10.6 Å². The summed E-state index contributed by atoms with van der Waals surface area (Å²) in [5.74, 6) is -7.09. The highest BCUT2D eigenvalue weighted by molar-refractivity contribution is 6.30. The van der Waals surface area contributed by atoms with Crippen LogP contribution in [0.15, 0.2) is 35.5 Å². The summed E-state index contributed by atoms with van der Waals surface area (Å²) in [5.41, 5.74) is -7.46. The molecule has 0 aliphatic carbocycles. The summed E-state index contributed by atoms with van der Waals surface area (Å²) in [4.78, 5) is 28.7. The normalized spacial score (nSPS) is 17.8. The van der Waals surface area contributed by atoms with Gasteiger partial charge in [-0.3, -0.25) is 9.59 Å². The van der Waals surface area contributed by atoms with E-state index in [4.69, 9.17) is 11.6 Å². The summed E-state index contributed by atoms with van der Waals surface area (Å²) >= 11 is 5.60. The largest absolute Gasteiger partial charge is 0.435 e. The van der Waals surface area contributed by atoms with Gasteiger partial charge in [0, 0.05) is 23.1 Å². The number of carbonyl (C=O) groups is 2. The summed E-state index contributed by atoms with van der Waals surface area (Å²) in [6.07, 6.45) is -12.0. The minimum absolute atomic E-state index is 0.0263. The number of aryl methyl sites for hydroxylation is 1. The minimum Gasteiger partial charge on any atom is -0.374 e. The Balaban J connectivity index is 1.85. The van der Waals surface area contributed by atoms with Gasteiger partial charge >= 0.3 is 12.4 Å². The first-order valence-corrected chi connectivity index (χ1v) is 11.6. The second kappa shape index (κ2) is 10.8. The maximum Gasteiger partial charge on any atom is 0.435 e. The quantitative estimate of drug-likeness (QED) is 0.388. The first-order valence-electron chi connectivity index (χ1n) is 11.2. The number of alkyl halides is 8. The highest BCUT2D eigenvalue weighted by Gasteiger charge is 2.64. The average molecular weight is 604 g/mol. The lowest BCUT2D eigenvalue weighted by Gasteiger charge is -2.30. The van der Waals surface area contributed by atoms with Gasteiger partial charge in [0.15, 0.2) is 0 Å². The first kappa shape index (κ1) is 31.0. The van der Waals surface area contributed by atoms with Crippen LogP contribution < -0.4 is 10.6 Å². The molecule has 0 saturated heterocycles. The zero-order valence-corrected chi connectivity index (χ0v) is 21.2. The van der Waals surface area contributed by atoms with Gasteiger partial charge in [-0.2, -0.15) is 26.3 Å². The molecule has 2 amide bonds. The zero-order chi connectivity index (χ0) is 30.3. The van der Waals surface area contributed by atoms with Crippen molar-refractivity contribution >= 4 is 29.1 Å². The van der Waals surface area contributed by atoms with E-state index in [9.17, 15) is 49.1 Å². The molecular formula is C24H19ClF9N3O3. The van der Waals surface area contributed by atoms with E-state index in [1.165, 1.54) is 13.0 Å². The number of halogens is 10. The van der Waals surface area contributed by atoms with Crippen LogP contribution in [0.1, 0.15) is 46.0 Å². The molecule has 1 atom stereocenters. The van der Waals surface area contributed by atoms with E-state index in [-0.39, 0.29) is 22.8 Å². The maximum absolute atomic E-state index is 14.8. The standard InChI is InChI=1S/C24H19ClF9N3O3/c1-11-5-12(3-4-14(11)20(39)35-9-18(38)36-10-21(2,27)28)17-8-22(40-37-17,24(32,33)34)15-6-13(25)7-16(19(15)26)23(29,30)31/h3-7H,8-10H2,1-2H3,(H,35,39)(H,36,38). The van der Waals surface area contributed by atoms with Crippen LogP contribution >= 0.6 is 11.6 Å². The molecule has 0 saturated carbocycles. The maximum atomic E-state index is 14.8. The lowest BCUT2D eigenvalue weighted by Crippen LogP contribution is -2.43. The number of nitrogens with one attached hydrogen (secondary N) is 2. The van der Waals surface area contributed by atoms with E-state index >= 15 is 0 Å². The molecule has 218 valence electrons. The van der Waals surface area contributed by atoms with Gasteiger partial charge in [-0.15, -0.1) is 0 Å². The molecule has 1 aliphatic heterocycles. The van der Waals surface area contributed by atoms with Gasteiger partial charge in [-0.25, -0.2) is 13.2 Å². The summed E-state index contributed by atoms with van der Waals surface area (Å²) < 4.78 is 123. The van der Waals surface area contributed by atoms with Crippen LogP contribution in [-0.4, -0.2) is 42.7 Å². The van der Waals surface area contributed by atoms with Crippen LogP contribution in [0.3, 0.4) is 0 Å². The number of benzene rings is 2. The Labute approximate surface area is 225 Å². The Bertz CT molecular complexity index is 1350. The molecule has 1 unspecified atom stereocenters. The highest BCUT2D eigenvalue weighted by atomic mass is 35.5. The van der Waals surface area contributed by atoms with Crippen LogP contribution in [0.25, 0.3) is 0 Å². The summed E-state index contributed by atoms with van der Waals surface area (Å²) in [5, 5.41) is 6.68. The molecule has 6 nitrogen and oxygen atoms in total. The first-order chi connectivity index (χ1) is 18.2. The number of nitrogens with zero attached hydrogens (tertiary/aromatic N) is 1. The van der Waals surface area contributed by atoms with E-state index in [1.807, 2.05) is 5.32 Å². The molecule has 0 fully saturated rings. The van der Waals surface area contributed by atoms with Gasteiger partial charge < -0.3 is 15.5 Å². The second-order valence-corrected chi connectivity index (χ2v) is 9.44. The van der Waals surface area contributed by atoms with E-state index in [0.29, 0.717) is 13.0 Å². The van der Waals surface area contributed by atoms with E-state index < -0.39 is 82.9 Å². The van der Waals surface area contributed by atoms with Gasteiger partial charge in [0.2, 0.25) is 5.91 Å². The van der Waals surface area contributed by atoms with Crippen molar-refractivity contribution < 1.29 is 53.9 Å². The SMILES string of the molecule is Cc1cc(C2=NOC(c3cc(Cl)cc(C(F)(F)F)c3F)(C(F)(F)F)C2)ccc1C(=O)NCC(=O)NCC(C)(F)F. The molecular weight excluding hydrogens is 585 g/mol. The van der Waals surface area contributed by atoms with Crippen LogP contribution in [0.5, 0.6) is 0 Å². The Morgan fingerprint density at radius 1 is 1.05 bits per heavy atom. The molecule has 0 spiro atoms. The lowest BCUT2D eigenvalue weighted by atomic mass is 9.85. The summed E-state index contributed by atoms with van der Waals surface area (Å²) in [6.45, 7) is 0.377. The van der Waals surface area contributed by atoms with Crippen molar-refractivity contribution in [3.63, 3.8) is 0 Å². The Morgan fingerprint density at radius 3 is 2.25 bits per heavy atom. The molecule has 0 aromatic heterocycles. The molecule has 16 heteroatoms. The third kappa shape index (κ3) is 6.62. The predicted octanol–water partition coefficient (Wildman–Crippen LogP) is 5.89. The molecule has 2 aromatic carbocycles. The average Bonchev–Trinajstić information content (AvgIpc) is 3.28. The van der Waals surface area contributed by atoms with Gasteiger partial charge in [-0.1, -0.05) is 22.8 Å². The zero-order valence-electron chi connectivity index (χ0n) is 20.5. The fourth-order valence-electron chi connectivity index (χ4n) is 3.80. The van der Waals surface area contributed by atoms with Crippen molar-refractivity contribution in [2.45, 2.75) is 44.1 Å². The number of oxime groups is 1. The monoisotopic (exact) mass is 603 g/mol. The number of amides is 2. The van der Waals surface area contributed by atoms with Crippen LogP contribution in [0.4, 0.5) is 39.5 Å². The predicted molar refractivity (Wildman–Crippen MR) is 124 cm³/mol. The fraction of sp³-hybridized carbons (Fsp3) is 0.375. The molecule has 0 radical (unpaired) electrons. The van der Waals surface area contributed by atoms with Crippen LogP contribution in [0.2, 0.25) is 5.02 Å². The van der Waals surface area contributed by atoms with Gasteiger partial charge in [0.1, 0.15) is 5.82 Å². The second-order valence-electron chi connectivity index (χ2n) is 9.00. The third-order valence-corrected chi connectivity index (χ3v) is 5.99. The molecule has 1 heterocycles. The van der Waals surface area contributed by atoms with E-state index in [0.717, 1.165) is 12.1 Å². The van der Waals surface area contributed by atoms with Gasteiger partial charge in [0.25, 0.3) is 17.4 Å². The third-order valence-electron chi connectivity index (χ3n) is 5.77. The number of hydrogen-bond donors (Lipinski definition) is 2. The molecule has 0 bridgehead atoms. The summed E-state index contributed by atoms with van der Waals surface area (Å²) in [6, 6.07) is 4.07. The van der Waals surface area contributed by atoms with Crippen LogP contribution in [0, 0.1) is 12.7 Å². The number of rotatable bonds is 7. The van der Waals surface area contributed by atoms with Gasteiger partial charge in [-0.05, 0) is 42.3 Å². The lowest BCUT2D eigenvalue weighted by molar-refractivity contribution is -0.277. The van der Waals surface area contributed by atoms with Crippen molar-refractivity contribution in [3.05, 3.63) is 69.0 Å².